The minimum absolute atomic E-state index is 0.137. The van der Waals surface area contributed by atoms with Crippen LogP contribution < -0.4 is 10.5 Å². The van der Waals surface area contributed by atoms with Crippen LogP contribution in [-0.4, -0.2) is 6.10 Å². The number of nitrogen functional groups attached to an aromatic ring is 1. The van der Waals surface area contributed by atoms with Gasteiger partial charge in [-0.2, -0.15) is 0 Å². The van der Waals surface area contributed by atoms with Crippen molar-refractivity contribution in [2.45, 2.75) is 38.2 Å². The topological polar surface area (TPSA) is 35.2 Å². The highest BCUT2D eigenvalue weighted by atomic mass is 19.1. The average Bonchev–Trinajstić information content (AvgIpc) is 2.25. The van der Waals surface area contributed by atoms with Crippen molar-refractivity contribution in [2.75, 3.05) is 5.73 Å². The molecule has 1 saturated carbocycles. The number of halogens is 1. The Morgan fingerprint density at radius 1 is 1.20 bits per heavy atom. The number of hydrogen-bond acceptors (Lipinski definition) is 2. The lowest BCUT2D eigenvalue weighted by Crippen LogP contribution is -2.20. The van der Waals surface area contributed by atoms with Crippen molar-refractivity contribution >= 4 is 5.69 Å². The molecule has 0 saturated heterocycles. The summed E-state index contributed by atoms with van der Waals surface area (Å²) < 4.78 is 19.0. The van der Waals surface area contributed by atoms with Gasteiger partial charge < -0.3 is 10.5 Å². The van der Waals surface area contributed by atoms with Crippen molar-refractivity contribution in [2.24, 2.45) is 0 Å². The molecule has 0 radical (unpaired) electrons. The standard InChI is InChI=1S/C12H16FNO/c13-10-7-4-8-11(14)12(10)15-9-5-2-1-3-6-9/h4,7-9H,1-3,5-6,14H2. The maximum atomic E-state index is 13.4. The fourth-order valence-electron chi connectivity index (χ4n) is 2.00. The molecule has 0 atom stereocenters. The van der Waals surface area contributed by atoms with E-state index in [1.54, 1.807) is 12.1 Å². The zero-order valence-corrected chi connectivity index (χ0v) is 8.71. The summed E-state index contributed by atoms with van der Waals surface area (Å²) in [5.74, 6) is -0.134. The van der Waals surface area contributed by atoms with Crippen molar-refractivity contribution in [1.82, 2.24) is 0 Å². The van der Waals surface area contributed by atoms with Crippen molar-refractivity contribution < 1.29 is 9.13 Å². The number of nitrogens with two attached hydrogens (primary N) is 1. The predicted molar refractivity (Wildman–Crippen MR) is 58.3 cm³/mol. The molecule has 1 fully saturated rings. The summed E-state index contributed by atoms with van der Waals surface area (Å²) in [6.45, 7) is 0. The molecule has 82 valence electrons. The molecule has 1 aliphatic rings. The average molecular weight is 209 g/mol. The van der Waals surface area contributed by atoms with Crippen LogP contribution in [0.15, 0.2) is 18.2 Å². The van der Waals surface area contributed by atoms with E-state index < -0.39 is 0 Å². The number of hydrogen-bond donors (Lipinski definition) is 1. The van der Waals surface area contributed by atoms with Crippen LogP contribution in [0.5, 0.6) is 5.75 Å². The number of benzene rings is 1. The number of rotatable bonds is 2. The van der Waals surface area contributed by atoms with Crippen LogP contribution in [0.1, 0.15) is 32.1 Å². The minimum atomic E-state index is -0.361. The summed E-state index contributed by atoms with van der Waals surface area (Å²) in [5.41, 5.74) is 6.06. The van der Waals surface area contributed by atoms with Gasteiger partial charge in [0.15, 0.2) is 11.6 Å². The molecule has 2 rings (SSSR count). The molecule has 15 heavy (non-hydrogen) atoms. The molecule has 2 N–H and O–H groups in total. The molecule has 1 aromatic carbocycles. The lowest BCUT2D eigenvalue weighted by Gasteiger charge is -2.23. The van der Waals surface area contributed by atoms with Gasteiger partial charge in [0.05, 0.1) is 11.8 Å². The van der Waals surface area contributed by atoms with E-state index in [2.05, 4.69) is 0 Å². The van der Waals surface area contributed by atoms with Gasteiger partial charge in [0, 0.05) is 0 Å². The van der Waals surface area contributed by atoms with E-state index in [4.69, 9.17) is 10.5 Å². The van der Waals surface area contributed by atoms with Crippen LogP contribution in [0.4, 0.5) is 10.1 Å². The van der Waals surface area contributed by atoms with Gasteiger partial charge in [-0.05, 0) is 37.8 Å². The van der Waals surface area contributed by atoms with Gasteiger partial charge in [-0.1, -0.05) is 12.5 Å². The number of ether oxygens (including phenoxy) is 1. The minimum Gasteiger partial charge on any atom is -0.485 e. The first-order chi connectivity index (χ1) is 7.27. The fraction of sp³-hybridized carbons (Fsp3) is 0.500. The summed E-state index contributed by atoms with van der Waals surface area (Å²) in [6, 6.07) is 4.65. The van der Waals surface area contributed by atoms with Crippen LogP contribution in [-0.2, 0) is 0 Å². The van der Waals surface area contributed by atoms with Crippen LogP contribution in [0.25, 0.3) is 0 Å². The normalized spacial score (nSPS) is 17.7. The summed E-state index contributed by atoms with van der Waals surface area (Å²) in [4.78, 5) is 0. The third-order valence-electron chi connectivity index (χ3n) is 2.83. The molecule has 3 heteroatoms. The Labute approximate surface area is 89.2 Å². The van der Waals surface area contributed by atoms with E-state index in [0.29, 0.717) is 5.69 Å². The van der Waals surface area contributed by atoms with Gasteiger partial charge >= 0.3 is 0 Å². The van der Waals surface area contributed by atoms with E-state index >= 15 is 0 Å². The van der Waals surface area contributed by atoms with Gasteiger partial charge in [0.1, 0.15) is 0 Å². The largest absolute Gasteiger partial charge is 0.485 e. The van der Waals surface area contributed by atoms with E-state index in [1.165, 1.54) is 25.3 Å². The molecule has 1 aliphatic carbocycles. The second-order valence-corrected chi connectivity index (χ2v) is 4.04. The first kappa shape index (κ1) is 10.3. The van der Waals surface area contributed by atoms with E-state index in [0.717, 1.165) is 12.8 Å². The predicted octanol–water partition coefficient (Wildman–Crippen LogP) is 3.12. The third-order valence-corrected chi connectivity index (χ3v) is 2.83. The molecule has 0 heterocycles. The first-order valence-electron chi connectivity index (χ1n) is 5.48. The molecular weight excluding hydrogens is 193 g/mol. The third kappa shape index (κ3) is 2.41. The lowest BCUT2D eigenvalue weighted by molar-refractivity contribution is 0.150. The van der Waals surface area contributed by atoms with E-state index in [9.17, 15) is 4.39 Å². The quantitative estimate of drug-likeness (QED) is 0.759. The Morgan fingerprint density at radius 2 is 1.93 bits per heavy atom. The van der Waals surface area contributed by atoms with E-state index in [1.807, 2.05) is 0 Å². The van der Waals surface area contributed by atoms with Crippen molar-refractivity contribution in [3.63, 3.8) is 0 Å². The van der Waals surface area contributed by atoms with Crippen LogP contribution >= 0.6 is 0 Å². The van der Waals surface area contributed by atoms with Crippen molar-refractivity contribution in [3.05, 3.63) is 24.0 Å². The molecule has 0 aromatic heterocycles. The highest BCUT2D eigenvalue weighted by Crippen LogP contribution is 2.29. The summed E-state index contributed by atoms with van der Waals surface area (Å²) in [5, 5.41) is 0. The molecule has 0 bridgehead atoms. The number of para-hydroxylation sites is 1. The highest BCUT2D eigenvalue weighted by molar-refractivity contribution is 5.52. The zero-order chi connectivity index (χ0) is 10.7. The molecule has 0 amide bonds. The summed E-state index contributed by atoms with van der Waals surface area (Å²) >= 11 is 0. The maximum absolute atomic E-state index is 13.4. The molecule has 1 aromatic rings. The van der Waals surface area contributed by atoms with Gasteiger partial charge in [0.2, 0.25) is 0 Å². The Bertz CT molecular complexity index is 314. The van der Waals surface area contributed by atoms with Gasteiger partial charge in [-0.25, -0.2) is 4.39 Å². The molecule has 0 unspecified atom stereocenters. The zero-order valence-electron chi connectivity index (χ0n) is 8.71. The summed E-state index contributed by atoms with van der Waals surface area (Å²) in [7, 11) is 0. The number of anilines is 1. The molecule has 0 spiro atoms. The van der Waals surface area contributed by atoms with Crippen molar-refractivity contribution in [3.8, 4) is 5.75 Å². The van der Waals surface area contributed by atoms with Gasteiger partial charge in [-0.3, -0.25) is 0 Å². The smallest absolute Gasteiger partial charge is 0.178 e. The Hall–Kier alpha value is -1.25. The fourth-order valence-corrected chi connectivity index (χ4v) is 2.00. The monoisotopic (exact) mass is 209 g/mol. The second kappa shape index (κ2) is 4.51. The van der Waals surface area contributed by atoms with Crippen molar-refractivity contribution in [1.29, 1.82) is 0 Å². The second-order valence-electron chi connectivity index (χ2n) is 4.04. The van der Waals surface area contributed by atoms with E-state index in [-0.39, 0.29) is 17.7 Å². The maximum Gasteiger partial charge on any atom is 0.178 e. The first-order valence-corrected chi connectivity index (χ1v) is 5.48. The molecule has 2 nitrogen and oxygen atoms in total. The highest BCUT2D eigenvalue weighted by Gasteiger charge is 2.17. The van der Waals surface area contributed by atoms with Crippen LogP contribution in [0.3, 0.4) is 0 Å². The van der Waals surface area contributed by atoms with Gasteiger partial charge in [-0.15, -0.1) is 0 Å². The lowest BCUT2D eigenvalue weighted by atomic mass is 9.98. The Morgan fingerprint density at radius 3 is 2.60 bits per heavy atom. The molecular formula is C12H16FNO. The van der Waals surface area contributed by atoms with Gasteiger partial charge in [0.25, 0.3) is 0 Å². The van der Waals surface area contributed by atoms with Crippen LogP contribution in [0, 0.1) is 5.82 Å². The van der Waals surface area contributed by atoms with Crippen LogP contribution in [0.2, 0.25) is 0 Å². The summed E-state index contributed by atoms with van der Waals surface area (Å²) in [6.07, 6.45) is 5.74. The Balaban J connectivity index is 2.09. The Kier molecular flexibility index (Phi) is 3.09. The molecule has 0 aliphatic heterocycles. The SMILES string of the molecule is Nc1cccc(F)c1OC1CCCCC1.